The summed E-state index contributed by atoms with van der Waals surface area (Å²) in [6.45, 7) is 2.93. The van der Waals surface area contributed by atoms with Crippen LogP contribution in [0, 0.1) is 0 Å². The molecule has 0 aromatic heterocycles. The lowest BCUT2D eigenvalue weighted by Gasteiger charge is -2.28. The van der Waals surface area contributed by atoms with Crippen LogP contribution in [0.1, 0.15) is 11.1 Å². The zero-order chi connectivity index (χ0) is 17.3. The van der Waals surface area contributed by atoms with Gasteiger partial charge in [-0.2, -0.15) is 0 Å². The fourth-order valence-electron chi connectivity index (χ4n) is 2.45. The van der Waals surface area contributed by atoms with Crippen LogP contribution in [0.4, 0.5) is 0 Å². The van der Waals surface area contributed by atoms with Crippen molar-refractivity contribution >= 4 is 34.9 Å². The third-order valence-corrected chi connectivity index (χ3v) is 5.03. The Labute approximate surface area is 158 Å². The van der Waals surface area contributed by atoms with Crippen molar-refractivity contribution in [3.63, 3.8) is 0 Å². The predicted molar refractivity (Wildman–Crippen MR) is 108 cm³/mol. The Morgan fingerprint density at radius 1 is 1.04 bits per heavy atom. The molecule has 2 aromatic carbocycles. The Morgan fingerprint density at radius 2 is 1.68 bits per heavy atom. The van der Waals surface area contributed by atoms with Crippen LogP contribution in [-0.4, -0.2) is 36.4 Å². The molecule has 0 spiro atoms. The van der Waals surface area contributed by atoms with E-state index in [2.05, 4.69) is 34.6 Å². The fraction of sp³-hybridized carbons (Fsp3) is 0.250. The van der Waals surface area contributed by atoms with E-state index >= 15 is 0 Å². The molecule has 1 fully saturated rings. The van der Waals surface area contributed by atoms with E-state index in [1.54, 1.807) is 11.8 Å². The van der Waals surface area contributed by atoms with E-state index < -0.39 is 0 Å². The van der Waals surface area contributed by atoms with Gasteiger partial charge >= 0.3 is 0 Å². The summed E-state index contributed by atoms with van der Waals surface area (Å²) in [4.78, 5) is 2.05. The molecule has 0 atom stereocenters. The first-order chi connectivity index (χ1) is 12.3. The maximum atomic E-state index is 6.06. The van der Waals surface area contributed by atoms with Crippen molar-refractivity contribution in [2.24, 2.45) is 0 Å². The summed E-state index contributed by atoms with van der Waals surface area (Å²) in [5, 5.41) is 2.56. The number of thiocarbonyl (C=S) groups is 1. The zero-order valence-corrected chi connectivity index (χ0v) is 15.6. The van der Waals surface area contributed by atoms with E-state index in [9.17, 15) is 0 Å². The minimum Gasteiger partial charge on any atom is -0.431 e. The Kier molecular flexibility index (Phi) is 6.91. The molecule has 3 nitrogen and oxygen atoms in total. The molecule has 0 unspecified atom stereocenters. The molecule has 1 aliphatic heterocycles. The smallest absolute Gasteiger partial charge is 0.265 e. The second kappa shape index (κ2) is 9.61. The Hall–Kier alpha value is -1.82. The molecule has 3 rings (SSSR count). The summed E-state index contributed by atoms with van der Waals surface area (Å²) in [6, 6.07) is 20.5. The van der Waals surface area contributed by atoms with Crippen LogP contribution in [-0.2, 0) is 15.2 Å². The lowest BCUT2D eigenvalue weighted by atomic mass is 10.2. The van der Waals surface area contributed by atoms with Crippen LogP contribution in [0.3, 0.4) is 0 Å². The first kappa shape index (κ1) is 18.0. The van der Waals surface area contributed by atoms with Crippen LogP contribution in [0.15, 0.2) is 66.1 Å². The van der Waals surface area contributed by atoms with Gasteiger partial charge in [0, 0.05) is 29.8 Å². The van der Waals surface area contributed by atoms with Crippen molar-refractivity contribution in [3.8, 4) is 0 Å². The standard InChI is InChI=1S/C20H21NO2S2/c24-20(21-11-13-22-14-12-21)23-19(18-9-5-2-6-10-18)16-25-15-17-7-3-1-4-8-17/h1-10,16H,11-15H2. The van der Waals surface area contributed by atoms with Gasteiger partial charge in [-0.05, 0) is 17.8 Å². The van der Waals surface area contributed by atoms with Crippen molar-refractivity contribution < 1.29 is 9.47 Å². The second-order valence-corrected chi connectivity index (χ2v) is 6.82. The fourth-order valence-corrected chi connectivity index (χ4v) is 3.52. The van der Waals surface area contributed by atoms with E-state index in [0.717, 1.165) is 30.2 Å². The van der Waals surface area contributed by atoms with Gasteiger partial charge in [0.15, 0.2) is 0 Å². The number of hydrogen-bond acceptors (Lipinski definition) is 4. The molecule has 0 amide bonds. The number of thioether (sulfide) groups is 1. The Balaban J connectivity index is 1.68. The highest BCUT2D eigenvalue weighted by molar-refractivity contribution is 8.01. The van der Waals surface area contributed by atoms with Gasteiger partial charge in [0.05, 0.1) is 13.2 Å². The number of benzene rings is 2. The summed E-state index contributed by atoms with van der Waals surface area (Å²) < 4.78 is 11.4. The minimum atomic E-state index is 0.513. The maximum absolute atomic E-state index is 6.06. The van der Waals surface area contributed by atoms with Crippen LogP contribution < -0.4 is 0 Å². The van der Waals surface area contributed by atoms with Gasteiger partial charge in [-0.15, -0.1) is 11.8 Å². The second-order valence-electron chi connectivity index (χ2n) is 5.61. The molecule has 0 radical (unpaired) electrons. The van der Waals surface area contributed by atoms with E-state index in [1.807, 2.05) is 36.4 Å². The third-order valence-electron chi connectivity index (χ3n) is 3.81. The lowest BCUT2D eigenvalue weighted by molar-refractivity contribution is 0.0622. The summed E-state index contributed by atoms with van der Waals surface area (Å²) in [6.07, 6.45) is 0. The highest BCUT2D eigenvalue weighted by atomic mass is 32.2. The molecule has 1 heterocycles. The van der Waals surface area contributed by atoms with Crippen LogP contribution in [0.2, 0.25) is 0 Å². The SMILES string of the molecule is S=C(OC(=CSCc1ccccc1)c1ccccc1)N1CCOCC1. The van der Waals surface area contributed by atoms with Crippen molar-refractivity contribution in [1.82, 2.24) is 4.90 Å². The minimum absolute atomic E-state index is 0.513. The first-order valence-electron chi connectivity index (χ1n) is 8.28. The first-order valence-corrected chi connectivity index (χ1v) is 9.74. The molecule has 1 aliphatic rings. The van der Waals surface area contributed by atoms with Gasteiger partial charge in [-0.3, -0.25) is 0 Å². The normalized spacial score (nSPS) is 15.0. The summed E-state index contributed by atoms with van der Waals surface area (Å²) in [7, 11) is 0. The number of hydrogen-bond donors (Lipinski definition) is 0. The van der Waals surface area contributed by atoms with Crippen molar-refractivity contribution in [2.45, 2.75) is 5.75 Å². The molecule has 130 valence electrons. The summed E-state index contributed by atoms with van der Waals surface area (Å²) >= 11 is 7.20. The average molecular weight is 372 g/mol. The molecule has 5 heteroatoms. The summed E-state index contributed by atoms with van der Waals surface area (Å²) in [5.74, 6) is 1.68. The highest BCUT2D eigenvalue weighted by Gasteiger charge is 2.17. The van der Waals surface area contributed by atoms with Gasteiger partial charge in [0.2, 0.25) is 0 Å². The van der Waals surface area contributed by atoms with Gasteiger partial charge in [-0.1, -0.05) is 60.7 Å². The third kappa shape index (κ3) is 5.59. The van der Waals surface area contributed by atoms with Crippen LogP contribution in [0.5, 0.6) is 0 Å². The maximum Gasteiger partial charge on any atom is 0.265 e. The molecular weight excluding hydrogens is 350 g/mol. The monoisotopic (exact) mass is 371 g/mol. The predicted octanol–water partition coefficient (Wildman–Crippen LogP) is 4.55. The topological polar surface area (TPSA) is 21.7 Å². The highest BCUT2D eigenvalue weighted by Crippen LogP contribution is 2.23. The zero-order valence-electron chi connectivity index (χ0n) is 14.0. The molecule has 25 heavy (non-hydrogen) atoms. The Bertz CT molecular complexity index is 698. The summed E-state index contributed by atoms with van der Waals surface area (Å²) in [5.41, 5.74) is 2.31. The molecule has 0 aliphatic carbocycles. The number of nitrogens with zero attached hydrogens (tertiary/aromatic N) is 1. The largest absolute Gasteiger partial charge is 0.431 e. The van der Waals surface area contributed by atoms with Gasteiger partial charge in [0.1, 0.15) is 5.76 Å². The van der Waals surface area contributed by atoms with E-state index in [0.29, 0.717) is 18.4 Å². The molecule has 2 aromatic rings. The van der Waals surface area contributed by atoms with E-state index in [4.69, 9.17) is 21.7 Å². The molecule has 0 N–H and O–H groups in total. The van der Waals surface area contributed by atoms with Crippen molar-refractivity contribution in [3.05, 3.63) is 77.2 Å². The number of ether oxygens (including phenoxy) is 2. The molecule has 0 bridgehead atoms. The quantitative estimate of drug-likeness (QED) is 0.566. The molecule has 0 saturated carbocycles. The molecule has 1 saturated heterocycles. The van der Waals surface area contributed by atoms with E-state index in [-0.39, 0.29) is 0 Å². The average Bonchev–Trinajstić information content (AvgIpc) is 2.69. The van der Waals surface area contributed by atoms with Gasteiger partial charge in [-0.25, -0.2) is 0 Å². The number of morpholine rings is 1. The Morgan fingerprint density at radius 3 is 2.36 bits per heavy atom. The van der Waals surface area contributed by atoms with Gasteiger partial charge < -0.3 is 14.4 Å². The number of rotatable bonds is 5. The lowest BCUT2D eigenvalue weighted by Crippen LogP contribution is -2.40. The van der Waals surface area contributed by atoms with Crippen molar-refractivity contribution in [1.29, 1.82) is 0 Å². The van der Waals surface area contributed by atoms with E-state index in [1.165, 1.54) is 5.56 Å². The molecular formula is C20H21NO2S2. The van der Waals surface area contributed by atoms with Crippen LogP contribution in [0.25, 0.3) is 5.76 Å². The van der Waals surface area contributed by atoms with Crippen LogP contribution >= 0.6 is 24.0 Å². The van der Waals surface area contributed by atoms with Gasteiger partial charge in [0.25, 0.3) is 5.17 Å². The van der Waals surface area contributed by atoms with Crippen molar-refractivity contribution in [2.75, 3.05) is 26.3 Å².